The number of nitrogens with one attached hydrogen (secondary N) is 2. The minimum absolute atomic E-state index is 0.154. The van der Waals surface area contributed by atoms with Crippen LogP contribution in [0, 0.1) is 5.92 Å². The maximum Gasteiger partial charge on any atom is 0.237 e. The predicted octanol–water partition coefficient (Wildman–Crippen LogP) is 4.35. The van der Waals surface area contributed by atoms with Gasteiger partial charge in [-0.1, -0.05) is 26.0 Å². The number of benzene rings is 1. The highest BCUT2D eigenvalue weighted by Crippen LogP contribution is 2.36. The van der Waals surface area contributed by atoms with Gasteiger partial charge in [-0.05, 0) is 72.9 Å². The average Bonchev–Trinajstić information content (AvgIpc) is 2.98. The van der Waals surface area contributed by atoms with Gasteiger partial charge in [0.2, 0.25) is 5.91 Å². The molecule has 5 nitrogen and oxygen atoms in total. The van der Waals surface area contributed by atoms with E-state index in [2.05, 4.69) is 70.6 Å². The van der Waals surface area contributed by atoms with Gasteiger partial charge in [-0.3, -0.25) is 15.1 Å². The molecule has 2 atom stereocenters. The molecule has 31 heavy (non-hydrogen) atoms. The smallest absolute Gasteiger partial charge is 0.237 e. The molecule has 162 valence electrons. The van der Waals surface area contributed by atoms with Gasteiger partial charge in [0, 0.05) is 48.1 Å². The number of hydrogen-bond donors (Lipinski definition) is 2. The highest BCUT2D eigenvalue weighted by molar-refractivity contribution is 5.90. The summed E-state index contributed by atoms with van der Waals surface area (Å²) in [6.07, 6.45) is 11.1. The van der Waals surface area contributed by atoms with E-state index in [9.17, 15) is 4.79 Å². The molecule has 5 rings (SSSR count). The number of rotatable bonds is 6. The Morgan fingerprint density at radius 3 is 2.74 bits per heavy atom. The first-order chi connectivity index (χ1) is 15.1. The zero-order chi connectivity index (χ0) is 21.4. The van der Waals surface area contributed by atoms with Gasteiger partial charge >= 0.3 is 0 Å². The van der Waals surface area contributed by atoms with Crippen molar-refractivity contribution in [1.29, 1.82) is 0 Å². The van der Waals surface area contributed by atoms with Crippen molar-refractivity contribution in [2.24, 2.45) is 5.92 Å². The molecule has 0 bridgehead atoms. The van der Waals surface area contributed by atoms with Crippen LogP contribution in [0.1, 0.15) is 62.3 Å². The molecule has 0 spiro atoms. The van der Waals surface area contributed by atoms with Crippen LogP contribution in [0.25, 0.3) is 10.9 Å². The van der Waals surface area contributed by atoms with E-state index in [4.69, 9.17) is 0 Å². The molecule has 3 heterocycles. The third-order valence-electron chi connectivity index (χ3n) is 6.80. The molecule has 1 aliphatic heterocycles. The Labute approximate surface area is 184 Å². The van der Waals surface area contributed by atoms with Crippen molar-refractivity contribution in [3.05, 3.63) is 65.6 Å². The summed E-state index contributed by atoms with van der Waals surface area (Å²) in [5.41, 5.74) is 5.08. The van der Waals surface area contributed by atoms with Crippen LogP contribution in [0.4, 0.5) is 0 Å². The Kier molecular flexibility index (Phi) is 5.53. The lowest BCUT2D eigenvalue weighted by molar-refractivity contribution is -0.124. The highest BCUT2D eigenvalue weighted by atomic mass is 16.2. The second-order valence-corrected chi connectivity index (χ2v) is 9.62. The molecule has 2 N–H and O–H groups in total. The molecule has 1 aromatic carbocycles. The molecular formula is C26H32N4O. The quantitative estimate of drug-likeness (QED) is 0.628. The Morgan fingerprint density at radius 2 is 2.03 bits per heavy atom. The Bertz CT molecular complexity index is 1070. The molecule has 1 aliphatic carbocycles. The number of aromatic nitrogens is 2. The molecule has 5 heteroatoms. The zero-order valence-corrected chi connectivity index (χ0v) is 18.5. The van der Waals surface area contributed by atoms with E-state index in [-0.39, 0.29) is 18.0 Å². The normalized spacial score (nSPS) is 21.1. The van der Waals surface area contributed by atoms with Crippen molar-refractivity contribution in [3.8, 4) is 0 Å². The lowest BCUT2D eigenvalue weighted by atomic mass is 9.92. The van der Waals surface area contributed by atoms with Gasteiger partial charge in [0.05, 0.1) is 6.04 Å². The first kappa shape index (κ1) is 20.3. The minimum Gasteiger partial charge on any atom is -0.352 e. The Morgan fingerprint density at radius 1 is 1.23 bits per heavy atom. The topological polar surface area (TPSA) is 59.0 Å². The van der Waals surface area contributed by atoms with Crippen LogP contribution in [-0.2, 0) is 17.8 Å². The maximum atomic E-state index is 13.2. The van der Waals surface area contributed by atoms with Crippen LogP contribution in [0.15, 0.2) is 48.9 Å². The fourth-order valence-electron chi connectivity index (χ4n) is 5.03. The highest BCUT2D eigenvalue weighted by Gasteiger charge is 2.32. The molecule has 0 saturated heterocycles. The lowest BCUT2D eigenvalue weighted by Crippen LogP contribution is -2.51. The van der Waals surface area contributed by atoms with Crippen molar-refractivity contribution in [1.82, 2.24) is 20.2 Å². The SMILES string of the molecule is CC(C)C[C@@H]1N[C@H](C(=O)NC2CCC2)Cc2cn(Cc3ccncc3)c3cccc1c23. The second kappa shape index (κ2) is 8.46. The van der Waals surface area contributed by atoms with Gasteiger partial charge in [-0.15, -0.1) is 0 Å². The average molecular weight is 417 g/mol. The van der Waals surface area contributed by atoms with Crippen LogP contribution in [0.3, 0.4) is 0 Å². The molecule has 1 fully saturated rings. The number of hydrogen-bond acceptors (Lipinski definition) is 3. The number of carbonyl (C=O) groups is 1. The van der Waals surface area contributed by atoms with Gasteiger partial charge in [0.1, 0.15) is 0 Å². The first-order valence-corrected chi connectivity index (χ1v) is 11.6. The standard InChI is InChI=1S/C26H32N4O/c1-17(2)13-22-21-7-4-8-24-25(21)19(16-30(24)15-18-9-11-27-12-10-18)14-23(29-22)26(31)28-20-5-3-6-20/h4,7-12,16-17,20,22-23,29H,3,5-6,13-15H2,1-2H3,(H,28,31)/t22-,23-/m0/s1. The summed E-state index contributed by atoms with van der Waals surface area (Å²) >= 11 is 0. The molecular weight excluding hydrogens is 384 g/mol. The fraction of sp³-hybridized carbons (Fsp3) is 0.462. The fourth-order valence-corrected chi connectivity index (χ4v) is 5.03. The Hall–Kier alpha value is -2.66. The van der Waals surface area contributed by atoms with Gasteiger partial charge < -0.3 is 9.88 Å². The predicted molar refractivity (Wildman–Crippen MR) is 124 cm³/mol. The largest absolute Gasteiger partial charge is 0.352 e. The summed E-state index contributed by atoms with van der Waals surface area (Å²) in [6, 6.07) is 11.1. The van der Waals surface area contributed by atoms with Gasteiger partial charge in [0.15, 0.2) is 0 Å². The molecule has 0 radical (unpaired) electrons. The molecule has 2 aliphatic rings. The van der Waals surface area contributed by atoms with E-state index < -0.39 is 0 Å². The third-order valence-corrected chi connectivity index (χ3v) is 6.80. The molecule has 1 amide bonds. The molecule has 2 aromatic heterocycles. The number of amides is 1. The lowest BCUT2D eigenvalue weighted by Gasteiger charge is -2.30. The van der Waals surface area contributed by atoms with Gasteiger partial charge in [-0.2, -0.15) is 0 Å². The second-order valence-electron chi connectivity index (χ2n) is 9.62. The van der Waals surface area contributed by atoms with Crippen molar-refractivity contribution in [2.45, 2.75) is 70.6 Å². The zero-order valence-electron chi connectivity index (χ0n) is 18.5. The van der Waals surface area contributed by atoms with E-state index in [1.807, 2.05) is 12.4 Å². The van der Waals surface area contributed by atoms with E-state index in [0.717, 1.165) is 32.2 Å². The summed E-state index contributed by atoms with van der Waals surface area (Å²) in [5.74, 6) is 0.699. The summed E-state index contributed by atoms with van der Waals surface area (Å²) in [7, 11) is 0. The summed E-state index contributed by atoms with van der Waals surface area (Å²) in [5, 5.41) is 8.34. The first-order valence-electron chi connectivity index (χ1n) is 11.6. The minimum atomic E-state index is -0.197. The van der Waals surface area contributed by atoms with Crippen LogP contribution in [0.5, 0.6) is 0 Å². The monoisotopic (exact) mass is 416 g/mol. The number of carbonyl (C=O) groups excluding carboxylic acids is 1. The van der Waals surface area contributed by atoms with Crippen molar-refractivity contribution in [2.75, 3.05) is 0 Å². The van der Waals surface area contributed by atoms with Gasteiger partial charge in [0.25, 0.3) is 0 Å². The number of nitrogens with zero attached hydrogens (tertiary/aromatic N) is 2. The van der Waals surface area contributed by atoms with E-state index in [1.165, 1.54) is 34.0 Å². The molecule has 0 unspecified atom stereocenters. The van der Waals surface area contributed by atoms with Crippen LogP contribution in [0.2, 0.25) is 0 Å². The maximum absolute atomic E-state index is 13.2. The van der Waals surface area contributed by atoms with E-state index in [1.54, 1.807) is 0 Å². The van der Waals surface area contributed by atoms with Gasteiger partial charge in [-0.25, -0.2) is 0 Å². The van der Waals surface area contributed by atoms with E-state index in [0.29, 0.717) is 12.0 Å². The van der Waals surface area contributed by atoms with Crippen molar-refractivity contribution < 1.29 is 4.79 Å². The van der Waals surface area contributed by atoms with Crippen molar-refractivity contribution >= 4 is 16.8 Å². The van der Waals surface area contributed by atoms with E-state index >= 15 is 0 Å². The van der Waals surface area contributed by atoms with Crippen LogP contribution >= 0.6 is 0 Å². The van der Waals surface area contributed by atoms with Crippen molar-refractivity contribution in [3.63, 3.8) is 0 Å². The number of pyridine rings is 1. The van der Waals surface area contributed by atoms with Crippen LogP contribution in [-0.4, -0.2) is 27.5 Å². The molecule has 1 saturated carbocycles. The third kappa shape index (κ3) is 4.11. The summed E-state index contributed by atoms with van der Waals surface area (Å²) < 4.78 is 2.34. The molecule has 3 aromatic rings. The summed E-state index contributed by atoms with van der Waals surface area (Å²) in [6.45, 7) is 5.32. The summed E-state index contributed by atoms with van der Waals surface area (Å²) in [4.78, 5) is 17.3. The Balaban J connectivity index is 1.53. The van der Waals surface area contributed by atoms with Crippen LogP contribution < -0.4 is 10.6 Å².